The average molecular weight is 308 g/mol. The monoisotopic (exact) mass is 308 g/mol. The fourth-order valence-corrected chi connectivity index (χ4v) is 2.58. The fraction of sp³-hybridized carbons (Fsp3) is 0.579. The standard InChI is InChI=1S/C19H29FO2/c1-5-9-10-12-15(11-6-2)16-13-18(21-7-3)19(22-8-4)14-17(16)20/h9-10,13-15H,5-8,11-12H2,1-4H3/b10-9-. The minimum atomic E-state index is -0.199. The van der Waals surface area contributed by atoms with E-state index >= 15 is 0 Å². The van der Waals surface area contributed by atoms with E-state index < -0.39 is 0 Å². The average Bonchev–Trinajstić information content (AvgIpc) is 2.50. The lowest BCUT2D eigenvalue weighted by molar-refractivity contribution is 0.285. The summed E-state index contributed by atoms with van der Waals surface area (Å²) in [5, 5.41) is 0. The normalized spacial score (nSPS) is 12.6. The van der Waals surface area contributed by atoms with E-state index in [2.05, 4.69) is 26.0 Å². The van der Waals surface area contributed by atoms with E-state index in [1.807, 2.05) is 19.9 Å². The third-order valence-electron chi connectivity index (χ3n) is 3.56. The molecule has 0 aliphatic rings. The van der Waals surface area contributed by atoms with Crippen molar-refractivity contribution in [2.45, 2.75) is 59.3 Å². The first-order chi connectivity index (χ1) is 10.7. The number of rotatable bonds is 10. The number of halogens is 1. The summed E-state index contributed by atoms with van der Waals surface area (Å²) in [5.74, 6) is 1.12. The van der Waals surface area contributed by atoms with Crippen LogP contribution in [0.3, 0.4) is 0 Å². The molecule has 0 saturated carbocycles. The van der Waals surface area contributed by atoms with Crippen LogP contribution in [-0.4, -0.2) is 13.2 Å². The quantitative estimate of drug-likeness (QED) is 0.504. The number of ether oxygens (including phenoxy) is 2. The predicted octanol–water partition coefficient (Wildman–Crippen LogP) is 5.86. The summed E-state index contributed by atoms with van der Waals surface area (Å²) in [7, 11) is 0. The second kappa shape index (κ2) is 10.3. The zero-order valence-electron chi connectivity index (χ0n) is 14.3. The van der Waals surface area contributed by atoms with Gasteiger partial charge in [-0.25, -0.2) is 4.39 Å². The van der Waals surface area contributed by atoms with E-state index in [-0.39, 0.29) is 11.7 Å². The summed E-state index contributed by atoms with van der Waals surface area (Å²) in [6.45, 7) is 9.08. The molecule has 1 atom stereocenters. The molecule has 1 unspecified atom stereocenters. The SMILES string of the molecule is CC/C=C\CC(CCC)c1cc(OCC)c(OCC)cc1F. The molecule has 1 rings (SSSR count). The molecule has 2 nitrogen and oxygen atoms in total. The van der Waals surface area contributed by atoms with Crippen LogP contribution in [-0.2, 0) is 0 Å². The highest BCUT2D eigenvalue weighted by Crippen LogP contribution is 2.36. The van der Waals surface area contributed by atoms with Crippen molar-refractivity contribution in [3.8, 4) is 11.5 Å². The van der Waals surface area contributed by atoms with Gasteiger partial charge in [-0.05, 0) is 50.7 Å². The van der Waals surface area contributed by atoms with Gasteiger partial charge >= 0.3 is 0 Å². The lowest BCUT2D eigenvalue weighted by Gasteiger charge is -2.19. The van der Waals surface area contributed by atoms with Crippen LogP contribution in [0, 0.1) is 5.82 Å². The van der Waals surface area contributed by atoms with Crippen LogP contribution >= 0.6 is 0 Å². The van der Waals surface area contributed by atoms with Crippen LogP contribution in [0.15, 0.2) is 24.3 Å². The van der Waals surface area contributed by atoms with E-state index in [9.17, 15) is 4.39 Å². The molecule has 1 aromatic carbocycles. The largest absolute Gasteiger partial charge is 0.490 e. The Kier molecular flexibility index (Phi) is 8.64. The van der Waals surface area contributed by atoms with E-state index in [0.29, 0.717) is 24.7 Å². The summed E-state index contributed by atoms with van der Waals surface area (Å²) in [5.41, 5.74) is 0.731. The van der Waals surface area contributed by atoms with Gasteiger partial charge in [0.25, 0.3) is 0 Å². The van der Waals surface area contributed by atoms with Crippen LogP contribution in [0.1, 0.15) is 64.9 Å². The molecule has 0 aliphatic heterocycles. The molecule has 3 heteroatoms. The van der Waals surface area contributed by atoms with Gasteiger partial charge in [0.2, 0.25) is 0 Å². The third kappa shape index (κ3) is 5.36. The Balaban J connectivity index is 3.12. The van der Waals surface area contributed by atoms with Gasteiger partial charge in [0, 0.05) is 6.07 Å². The minimum absolute atomic E-state index is 0.183. The van der Waals surface area contributed by atoms with Gasteiger partial charge in [-0.15, -0.1) is 0 Å². The van der Waals surface area contributed by atoms with Gasteiger partial charge in [-0.2, -0.15) is 0 Å². The van der Waals surface area contributed by atoms with Crippen LogP contribution in [0.5, 0.6) is 11.5 Å². The molecule has 0 aromatic heterocycles. The van der Waals surface area contributed by atoms with Crippen molar-refractivity contribution in [2.75, 3.05) is 13.2 Å². The van der Waals surface area contributed by atoms with E-state index in [4.69, 9.17) is 9.47 Å². The number of allylic oxidation sites excluding steroid dienone is 2. The van der Waals surface area contributed by atoms with Gasteiger partial charge in [0.1, 0.15) is 5.82 Å². The maximum absolute atomic E-state index is 14.5. The Morgan fingerprint density at radius 3 is 2.18 bits per heavy atom. The summed E-state index contributed by atoms with van der Waals surface area (Å²) in [6, 6.07) is 3.29. The van der Waals surface area contributed by atoms with Gasteiger partial charge in [-0.3, -0.25) is 0 Å². The zero-order valence-corrected chi connectivity index (χ0v) is 14.3. The molecule has 0 saturated heterocycles. The van der Waals surface area contributed by atoms with E-state index in [1.54, 1.807) is 0 Å². The maximum Gasteiger partial charge on any atom is 0.164 e. The molecule has 0 heterocycles. The molecular weight excluding hydrogens is 279 g/mol. The Labute approximate surface area is 134 Å². The molecule has 0 N–H and O–H groups in total. The number of benzene rings is 1. The Morgan fingerprint density at radius 2 is 1.64 bits per heavy atom. The van der Waals surface area contributed by atoms with Gasteiger partial charge in [0.05, 0.1) is 13.2 Å². The number of hydrogen-bond acceptors (Lipinski definition) is 2. The summed E-state index contributed by atoms with van der Waals surface area (Å²) < 4.78 is 25.6. The second-order valence-electron chi connectivity index (χ2n) is 5.29. The Morgan fingerprint density at radius 1 is 1.00 bits per heavy atom. The molecular formula is C19H29FO2. The van der Waals surface area contributed by atoms with Crippen molar-refractivity contribution in [1.29, 1.82) is 0 Å². The molecule has 0 bridgehead atoms. The number of hydrogen-bond donors (Lipinski definition) is 0. The molecule has 0 radical (unpaired) electrons. The molecule has 1 aromatic rings. The van der Waals surface area contributed by atoms with E-state index in [1.165, 1.54) is 6.07 Å². The Bertz CT molecular complexity index is 469. The summed E-state index contributed by atoms with van der Waals surface area (Å²) in [4.78, 5) is 0. The van der Waals surface area contributed by atoms with Gasteiger partial charge < -0.3 is 9.47 Å². The predicted molar refractivity (Wildman–Crippen MR) is 90.4 cm³/mol. The van der Waals surface area contributed by atoms with Crippen LogP contribution in [0.2, 0.25) is 0 Å². The smallest absolute Gasteiger partial charge is 0.164 e. The van der Waals surface area contributed by atoms with Crippen LogP contribution in [0.4, 0.5) is 4.39 Å². The van der Waals surface area contributed by atoms with Crippen molar-refractivity contribution in [3.63, 3.8) is 0 Å². The fourth-order valence-electron chi connectivity index (χ4n) is 2.58. The summed E-state index contributed by atoms with van der Waals surface area (Å²) in [6.07, 6.45) is 8.15. The Hall–Kier alpha value is -1.51. The molecule has 0 aliphatic carbocycles. The van der Waals surface area contributed by atoms with Crippen LogP contribution < -0.4 is 9.47 Å². The zero-order chi connectivity index (χ0) is 16.4. The maximum atomic E-state index is 14.5. The topological polar surface area (TPSA) is 18.5 Å². The van der Waals surface area contributed by atoms with Crippen LogP contribution in [0.25, 0.3) is 0 Å². The first-order valence-electron chi connectivity index (χ1n) is 8.41. The van der Waals surface area contributed by atoms with Gasteiger partial charge in [-0.1, -0.05) is 32.4 Å². The summed E-state index contributed by atoms with van der Waals surface area (Å²) >= 11 is 0. The lowest BCUT2D eigenvalue weighted by atomic mass is 9.90. The molecule has 124 valence electrons. The van der Waals surface area contributed by atoms with E-state index in [0.717, 1.165) is 31.2 Å². The van der Waals surface area contributed by atoms with Crippen molar-refractivity contribution >= 4 is 0 Å². The molecule has 0 spiro atoms. The van der Waals surface area contributed by atoms with Crippen molar-refractivity contribution in [1.82, 2.24) is 0 Å². The lowest BCUT2D eigenvalue weighted by Crippen LogP contribution is -2.05. The first kappa shape index (κ1) is 18.5. The second-order valence-corrected chi connectivity index (χ2v) is 5.29. The highest BCUT2D eigenvalue weighted by molar-refractivity contribution is 5.45. The minimum Gasteiger partial charge on any atom is -0.490 e. The molecule has 0 amide bonds. The first-order valence-corrected chi connectivity index (χ1v) is 8.41. The molecule has 0 fully saturated rings. The molecule has 22 heavy (non-hydrogen) atoms. The van der Waals surface area contributed by atoms with Crippen molar-refractivity contribution in [2.24, 2.45) is 0 Å². The highest BCUT2D eigenvalue weighted by atomic mass is 19.1. The van der Waals surface area contributed by atoms with Gasteiger partial charge in [0.15, 0.2) is 11.5 Å². The third-order valence-corrected chi connectivity index (χ3v) is 3.56. The van der Waals surface area contributed by atoms with Crippen molar-refractivity contribution < 1.29 is 13.9 Å². The van der Waals surface area contributed by atoms with Crippen molar-refractivity contribution in [3.05, 3.63) is 35.7 Å². The highest BCUT2D eigenvalue weighted by Gasteiger charge is 2.18.